The van der Waals surface area contributed by atoms with Crippen LogP contribution in [0.1, 0.15) is 26.3 Å². The molecule has 3 aromatic carbocycles. The Bertz CT molecular complexity index is 1150. The number of sulfone groups is 1. The summed E-state index contributed by atoms with van der Waals surface area (Å²) in [7, 11) is -3.54. The lowest BCUT2D eigenvalue weighted by Crippen LogP contribution is -2.41. The minimum atomic E-state index is -3.54. The molecular formula is C21H17ClN2O4S. The second-order valence-electron chi connectivity index (χ2n) is 6.16. The zero-order valence-electron chi connectivity index (χ0n) is 15.1. The molecule has 0 aliphatic carbocycles. The largest absolute Gasteiger partial charge is 0.271 e. The Morgan fingerprint density at radius 2 is 1.45 bits per heavy atom. The van der Waals surface area contributed by atoms with Gasteiger partial charge in [0.25, 0.3) is 11.8 Å². The van der Waals surface area contributed by atoms with Gasteiger partial charge in [0.05, 0.1) is 21.2 Å². The summed E-state index contributed by atoms with van der Waals surface area (Å²) in [5, 5.41) is 0.257. The molecule has 3 rings (SSSR count). The van der Waals surface area contributed by atoms with Crippen LogP contribution in [0.15, 0.2) is 83.8 Å². The summed E-state index contributed by atoms with van der Waals surface area (Å²) in [5.74, 6) is -1.39. The van der Waals surface area contributed by atoms with E-state index in [1.165, 1.54) is 30.3 Å². The van der Waals surface area contributed by atoms with E-state index in [1.807, 2.05) is 0 Å². The maximum atomic E-state index is 12.5. The van der Waals surface area contributed by atoms with Gasteiger partial charge in [-0.15, -0.1) is 0 Å². The number of rotatable bonds is 5. The summed E-state index contributed by atoms with van der Waals surface area (Å²) in [6.45, 7) is 0. The average Bonchev–Trinajstić information content (AvgIpc) is 2.72. The van der Waals surface area contributed by atoms with Gasteiger partial charge >= 0.3 is 0 Å². The molecule has 0 spiro atoms. The van der Waals surface area contributed by atoms with Crippen LogP contribution in [-0.4, -0.2) is 20.2 Å². The highest BCUT2D eigenvalue weighted by atomic mass is 35.5. The first-order valence-electron chi connectivity index (χ1n) is 8.59. The molecule has 3 aromatic rings. The van der Waals surface area contributed by atoms with Crippen molar-refractivity contribution in [3.63, 3.8) is 0 Å². The van der Waals surface area contributed by atoms with Gasteiger partial charge in [0.2, 0.25) is 0 Å². The van der Waals surface area contributed by atoms with Crippen LogP contribution in [0.25, 0.3) is 0 Å². The van der Waals surface area contributed by atoms with Gasteiger partial charge in [-0.1, -0.05) is 54.1 Å². The predicted molar refractivity (Wildman–Crippen MR) is 110 cm³/mol. The highest BCUT2D eigenvalue weighted by Gasteiger charge is 2.16. The number of hydrazine groups is 1. The molecule has 0 saturated heterocycles. The van der Waals surface area contributed by atoms with Crippen LogP contribution in [0.3, 0.4) is 0 Å². The van der Waals surface area contributed by atoms with E-state index in [0.29, 0.717) is 5.56 Å². The van der Waals surface area contributed by atoms with Crippen molar-refractivity contribution in [1.82, 2.24) is 10.9 Å². The van der Waals surface area contributed by atoms with Crippen molar-refractivity contribution in [2.75, 3.05) is 0 Å². The molecule has 0 bridgehead atoms. The Labute approximate surface area is 173 Å². The van der Waals surface area contributed by atoms with Crippen molar-refractivity contribution in [3.8, 4) is 0 Å². The minimum absolute atomic E-state index is 0.210. The van der Waals surface area contributed by atoms with E-state index in [0.717, 1.165) is 0 Å². The van der Waals surface area contributed by atoms with Crippen molar-refractivity contribution >= 4 is 33.3 Å². The molecule has 0 aliphatic heterocycles. The van der Waals surface area contributed by atoms with E-state index >= 15 is 0 Å². The lowest BCUT2D eigenvalue weighted by Gasteiger charge is -2.10. The molecule has 0 heterocycles. The molecule has 6 nitrogen and oxygen atoms in total. The van der Waals surface area contributed by atoms with Gasteiger partial charge in [0, 0.05) is 5.56 Å². The van der Waals surface area contributed by atoms with E-state index in [1.54, 1.807) is 48.5 Å². The molecule has 0 fully saturated rings. The van der Waals surface area contributed by atoms with Crippen molar-refractivity contribution < 1.29 is 18.0 Å². The van der Waals surface area contributed by atoms with Crippen LogP contribution in [0, 0.1) is 0 Å². The second-order valence-corrected chi connectivity index (χ2v) is 8.56. The lowest BCUT2D eigenvalue weighted by molar-refractivity contribution is 0.0846. The molecule has 148 valence electrons. The maximum Gasteiger partial charge on any atom is 0.271 e. The molecule has 29 heavy (non-hydrogen) atoms. The SMILES string of the molecule is O=C(NNC(=O)c1ccccc1Cl)c1cccc(CS(=O)(=O)c2ccccc2)c1. The number of benzene rings is 3. The first-order chi connectivity index (χ1) is 13.9. The maximum absolute atomic E-state index is 12.5. The minimum Gasteiger partial charge on any atom is -0.267 e. The fourth-order valence-corrected chi connectivity index (χ4v) is 4.21. The topological polar surface area (TPSA) is 92.3 Å². The summed E-state index contributed by atoms with van der Waals surface area (Å²) in [6.07, 6.45) is 0. The molecule has 0 unspecified atom stereocenters. The normalized spacial score (nSPS) is 10.9. The quantitative estimate of drug-likeness (QED) is 0.609. The Balaban J connectivity index is 1.68. The van der Waals surface area contributed by atoms with Crippen LogP contribution >= 0.6 is 11.6 Å². The number of carbonyl (C=O) groups is 2. The predicted octanol–water partition coefficient (Wildman–Crippen LogP) is 3.39. The van der Waals surface area contributed by atoms with Gasteiger partial charge in [0.1, 0.15) is 0 Å². The first-order valence-corrected chi connectivity index (χ1v) is 10.6. The van der Waals surface area contributed by atoms with Crippen LogP contribution in [-0.2, 0) is 15.6 Å². The van der Waals surface area contributed by atoms with E-state index in [2.05, 4.69) is 10.9 Å². The van der Waals surface area contributed by atoms with Crippen LogP contribution in [0.4, 0.5) is 0 Å². The molecule has 0 radical (unpaired) electrons. The number of halogens is 1. The Morgan fingerprint density at radius 3 is 2.17 bits per heavy atom. The van der Waals surface area contributed by atoms with E-state index < -0.39 is 21.7 Å². The third-order valence-corrected chi connectivity index (χ3v) is 6.09. The summed E-state index contributed by atoms with van der Waals surface area (Å²) < 4.78 is 25.0. The number of hydrogen-bond acceptors (Lipinski definition) is 4. The standard InChI is InChI=1S/C21H17ClN2O4S/c22-19-12-5-4-11-18(19)21(26)24-23-20(25)16-8-6-7-15(13-16)14-29(27,28)17-9-2-1-3-10-17/h1-13H,14H2,(H,23,25)(H,24,26). The number of nitrogens with one attached hydrogen (secondary N) is 2. The summed E-state index contributed by atoms with van der Waals surface area (Å²) >= 11 is 5.95. The lowest BCUT2D eigenvalue weighted by atomic mass is 10.1. The summed E-state index contributed by atoms with van der Waals surface area (Å²) in [6, 6.07) is 20.7. The number of carbonyl (C=O) groups excluding carboxylic acids is 2. The van der Waals surface area contributed by atoms with Crippen molar-refractivity contribution in [1.29, 1.82) is 0 Å². The first kappa shape index (κ1) is 20.6. The molecule has 0 saturated carbocycles. The monoisotopic (exact) mass is 428 g/mol. The zero-order valence-corrected chi connectivity index (χ0v) is 16.7. The fourth-order valence-electron chi connectivity index (χ4n) is 2.63. The third-order valence-electron chi connectivity index (χ3n) is 4.06. The van der Waals surface area contributed by atoms with Crippen LogP contribution < -0.4 is 10.9 Å². The van der Waals surface area contributed by atoms with E-state index in [4.69, 9.17) is 11.6 Å². The molecular weight excluding hydrogens is 412 g/mol. The van der Waals surface area contributed by atoms with Crippen molar-refractivity contribution in [3.05, 3.63) is 101 Å². The summed E-state index contributed by atoms with van der Waals surface area (Å²) in [4.78, 5) is 24.7. The number of amides is 2. The van der Waals surface area contributed by atoms with Gasteiger partial charge < -0.3 is 0 Å². The van der Waals surface area contributed by atoms with Gasteiger partial charge in [-0.25, -0.2) is 8.42 Å². The average molecular weight is 429 g/mol. The van der Waals surface area contributed by atoms with Crippen LogP contribution in [0.2, 0.25) is 5.02 Å². The second kappa shape index (κ2) is 8.89. The third kappa shape index (κ3) is 5.22. The molecule has 0 atom stereocenters. The van der Waals surface area contributed by atoms with Gasteiger partial charge in [-0.3, -0.25) is 20.4 Å². The highest BCUT2D eigenvalue weighted by molar-refractivity contribution is 7.90. The van der Waals surface area contributed by atoms with E-state index in [-0.39, 0.29) is 26.8 Å². The van der Waals surface area contributed by atoms with E-state index in [9.17, 15) is 18.0 Å². The molecule has 0 aromatic heterocycles. The van der Waals surface area contributed by atoms with Crippen molar-refractivity contribution in [2.45, 2.75) is 10.6 Å². The molecule has 0 aliphatic rings. The highest BCUT2D eigenvalue weighted by Crippen LogP contribution is 2.17. The Morgan fingerprint density at radius 1 is 0.793 bits per heavy atom. The van der Waals surface area contributed by atoms with Crippen molar-refractivity contribution in [2.24, 2.45) is 0 Å². The van der Waals surface area contributed by atoms with Gasteiger partial charge in [-0.05, 0) is 42.0 Å². The molecule has 8 heteroatoms. The zero-order chi connectivity index (χ0) is 20.9. The molecule has 2 amide bonds. The Hall–Kier alpha value is -3.16. The van der Waals surface area contributed by atoms with Gasteiger partial charge in [-0.2, -0.15) is 0 Å². The smallest absolute Gasteiger partial charge is 0.267 e. The summed E-state index contributed by atoms with van der Waals surface area (Å²) in [5.41, 5.74) is 5.48. The van der Waals surface area contributed by atoms with Gasteiger partial charge in [0.15, 0.2) is 9.84 Å². The Kier molecular flexibility index (Phi) is 6.31. The fraction of sp³-hybridized carbons (Fsp3) is 0.0476. The number of hydrogen-bond donors (Lipinski definition) is 2. The van der Waals surface area contributed by atoms with Crippen LogP contribution in [0.5, 0.6) is 0 Å². The molecule has 2 N–H and O–H groups in total.